The van der Waals surface area contributed by atoms with Gasteiger partial charge in [-0.15, -0.1) is 0 Å². The van der Waals surface area contributed by atoms with Crippen molar-refractivity contribution in [3.8, 4) is 0 Å². The standard InChI is InChI=1S/C20H21FN2O2.C6H14/c1-3-19(24)13-4-7-18(22-9-8-13)16-10-14(11-17(21)12(16)2)20(25)23-15-5-6-15;1-3-5-6-4-2/h4,7,9-11,15H,3,5-6,8H2,1-2H3,(H,23,25);3-6H2,1-2H3. The van der Waals surface area contributed by atoms with Gasteiger partial charge in [0.2, 0.25) is 0 Å². The van der Waals surface area contributed by atoms with Crippen LogP contribution in [0.2, 0.25) is 0 Å². The molecule has 1 aromatic carbocycles. The zero-order valence-corrected chi connectivity index (χ0v) is 19.3. The molecule has 1 fully saturated rings. The van der Waals surface area contributed by atoms with E-state index in [1.165, 1.54) is 31.7 Å². The Morgan fingerprint density at radius 1 is 1.10 bits per heavy atom. The highest BCUT2D eigenvalue weighted by atomic mass is 19.1. The fourth-order valence-corrected chi connectivity index (χ4v) is 3.20. The lowest BCUT2D eigenvalue weighted by atomic mass is 10.0. The van der Waals surface area contributed by atoms with Gasteiger partial charge in [0, 0.05) is 41.8 Å². The van der Waals surface area contributed by atoms with Crippen LogP contribution in [0.3, 0.4) is 0 Å². The predicted octanol–water partition coefficient (Wildman–Crippen LogP) is 6.33. The maximum atomic E-state index is 14.3. The first-order valence-corrected chi connectivity index (χ1v) is 11.5. The third-order valence-electron chi connectivity index (χ3n) is 5.42. The van der Waals surface area contributed by atoms with Gasteiger partial charge in [0.1, 0.15) is 5.82 Å². The largest absolute Gasteiger partial charge is 0.349 e. The van der Waals surface area contributed by atoms with Gasteiger partial charge in [0.05, 0.1) is 5.70 Å². The Labute approximate surface area is 185 Å². The van der Waals surface area contributed by atoms with E-state index < -0.39 is 5.82 Å². The highest BCUT2D eigenvalue weighted by Gasteiger charge is 2.25. The maximum absolute atomic E-state index is 14.3. The van der Waals surface area contributed by atoms with Crippen LogP contribution in [0.15, 0.2) is 34.9 Å². The van der Waals surface area contributed by atoms with E-state index in [0.717, 1.165) is 12.8 Å². The van der Waals surface area contributed by atoms with Crippen LogP contribution in [0.4, 0.5) is 4.39 Å². The predicted molar refractivity (Wildman–Crippen MR) is 126 cm³/mol. The molecule has 1 aliphatic heterocycles. The number of rotatable bonds is 8. The Bertz CT molecular complexity index is 876. The number of Topliss-reactive ketones (excluding diaryl/α,β-unsaturated/α-hetero) is 1. The molecular formula is C26H35FN2O2. The molecular weight excluding hydrogens is 391 g/mol. The molecule has 2 aliphatic rings. The zero-order chi connectivity index (χ0) is 22.8. The SMILES string of the molecule is CCC(=O)C1=CC=C(c2cc(C(=O)NC3CC3)cc(F)c2C)N=CC1.CCCCCC. The van der Waals surface area contributed by atoms with E-state index in [9.17, 15) is 14.0 Å². The van der Waals surface area contributed by atoms with Gasteiger partial charge < -0.3 is 5.32 Å². The molecule has 0 spiro atoms. The molecule has 1 saturated carbocycles. The Morgan fingerprint density at radius 2 is 1.77 bits per heavy atom. The minimum atomic E-state index is -0.437. The van der Waals surface area contributed by atoms with Crippen LogP contribution in [0.5, 0.6) is 0 Å². The lowest BCUT2D eigenvalue weighted by Crippen LogP contribution is -2.25. The average molecular weight is 427 g/mol. The van der Waals surface area contributed by atoms with E-state index in [0.29, 0.717) is 40.8 Å². The molecule has 4 nitrogen and oxygen atoms in total. The number of nitrogens with zero attached hydrogens (tertiary/aromatic N) is 1. The maximum Gasteiger partial charge on any atom is 0.251 e. The number of allylic oxidation sites excluding steroid dienone is 3. The molecule has 1 aromatic rings. The first-order chi connectivity index (χ1) is 14.9. The van der Waals surface area contributed by atoms with Crippen molar-refractivity contribution in [3.63, 3.8) is 0 Å². The van der Waals surface area contributed by atoms with E-state index in [-0.39, 0.29) is 17.7 Å². The summed E-state index contributed by atoms with van der Waals surface area (Å²) in [5, 5.41) is 2.87. The molecule has 0 aromatic heterocycles. The number of halogens is 1. The Balaban J connectivity index is 0.000000501. The van der Waals surface area contributed by atoms with Gasteiger partial charge in [-0.25, -0.2) is 4.39 Å². The highest BCUT2D eigenvalue weighted by molar-refractivity contribution is 6.00. The lowest BCUT2D eigenvalue weighted by Gasteiger charge is -2.11. The van der Waals surface area contributed by atoms with Crippen molar-refractivity contribution in [3.05, 3.63) is 52.4 Å². The number of hydrogen-bond acceptors (Lipinski definition) is 3. The molecule has 0 saturated heterocycles. The topological polar surface area (TPSA) is 58.5 Å². The number of ketones is 1. The molecule has 1 amide bonds. The summed E-state index contributed by atoms with van der Waals surface area (Å²) < 4.78 is 14.3. The minimum absolute atomic E-state index is 0.0735. The van der Waals surface area contributed by atoms with Gasteiger partial charge in [0.15, 0.2) is 5.78 Å². The van der Waals surface area contributed by atoms with E-state index in [1.807, 2.05) is 6.92 Å². The van der Waals surface area contributed by atoms with Crippen LogP contribution >= 0.6 is 0 Å². The van der Waals surface area contributed by atoms with Crippen molar-refractivity contribution in [1.82, 2.24) is 5.32 Å². The molecule has 31 heavy (non-hydrogen) atoms. The number of hydrogen-bond donors (Lipinski definition) is 1. The van der Waals surface area contributed by atoms with Gasteiger partial charge in [-0.3, -0.25) is 14.6 Å². The van der Waals surface area contributed by atoms with Gasteiger partial charge in [-0.1, -0.05) is 52.5 Å². The van der Waals surface area contributed by atoms with E-state index in [4.69, 9.17) is 0 Å². The number of amides is 1. The molecule has 0 unspecified atom stereocenters. The minimum Gasteiger partial charge on any atom is -0.349 e. The number of carbonyl (C=O) groups excluding carboxylic acids is 2. The Hall–Kier alpha value is -2.56. The van der Waals surface area contributed by atoms with Crippen LogP contribution in [-0.4, -0.2) is 23.9 Å². The number of nitrogens with one attached hydrogen (secondary N) is 1. The lowest BCUT2D eigenvalue weighted by molar-refractivity contribution is -0.115. The fourth-order valence-electron chi connectivity index (χ4n) is 3.20. The van der Waals surface area contributed by atoms with Gasteiger partial charge >= 0.3 is 0 Å². The number of benzene rings is 1. The monoisotopic (exact) mass is 426 g/mol. The summed E-state index contributed by atoms with van der Waals surface area (Å²) in [6, 6.07) is 3.14. The summed E-state index contributed by atoms with van der Waals surface area (Å²) >= 11 is 0. The molecule has 1 N–H and O–H groups in total. The molecule has 0 radical (unpaired) electrons. The number of carbonyl (C=O) groups is 2. The van der Waals surface area contributed by atoms with E-state index in [2.05, 4.69) is 24.2 Å². The first kappa shape index (κ1) is 24.7. The average Bonchev–Trinajstić information content (AvgIpc) is 3.60. The van der Waals surface area contributed by atoms with Crippen molar-refractivity contribution >= 4 is 23.6 Å². The van der Waals surface area contributed by atoms with Gasteiger partial charge in [-0.2, -0.15) is 0 Å². The Kier molecular flexibility index (Phi) is 9.83. The first-order valence-electron chi connectivity index (χ1n) is 11.5. The van der Waals surface area contributed by atoms with E-state index in [1.54, 1.807) is 31.4 Å². The third-order valence-corrected chi connectivity index (χ3v) is 5.42. The second-order valence-corrected chi connectivity index (χ2v) is 8.12. The molecule has 1 aliphatic carbocycles. The van der Waals surface area contributed by atoms with Crippen molar-refractivity contribution in [2.75, 3.05) is 0 Å². The van der Waals surface area contributed by atoms with Crippen LogP contribution in [-0.2, 0) is 4.79 Å². The molecule has 3 rings (SSSR count). The molecule has 1 heterocycles. The fraction of sp³-hybridized carbons (Fsp3) is 0.500. The van der Waals surface area contributed by atoms with Crippen LogP contribution in [0.1, 0.15) is 93.6 Å². The smallest absolute Gasteiger partial charge is 0.251 e. The second-order valence-electron chi connectivity index (χ2n) is 8.12. The van der Waals surface area contributed by atoms with Crippen LogP contribution < -0.4 is 5.32 Å². The van der Waals surface area contributed by atoms with Gasteiger partial charge in [0.25, 0.3) is 5.91 Å². The summed E-state index contributed by atoms with van der Waals surface area (Å²) in [6.07, 6.45) is 13.5. The zero-order valence-electron chi connectivity index (χ0n) is 19.3. The van der Waals surface area contributed by atoms with Crippen molar-refractivity contribution in [2.45, 2.75) is 85.1 Å². The molecule has 5 heteroatoms. The summed E-state index contributed by atoms with van der Waals surface area (Å²) in [4.78, 5) is 28.5. The third kappa shape index (κ3) is 7.57. The summed E-state index contributed by atoms with van der Waals surface area (Å²) in [7, 11) is 0. The Morgan fingerprint density at radius 3 is 2.35 bits per heavy atom. The highest BCUT2D eigenvalue weighted by Crippen LogP contribution is 2.27. The van der Waals surface area contributed by atoms with Crippen molar-refractivity contribution < 1.29 is 14.0 Å². The normalized spacial score (nSPS) is 15.3. The molecule has 0 atom stereocenters. The second kappa shape index (κ2) is 12.3. The van der Waals surface area contributed by atoms with Crippen LogP contribution in [0.25, 0.3) is 5.70 Å². The van der Waals surface area contributed by atoms with Crippen LogP contribution in [0, 0.1) is 12.7 Å². The van der Waals surface area contributed by atoms with Gasteiger partial charge in [-0.05, 0) is 43.5 Å². The number of unbranched alkanes of at least 4 members (excludes halogenated alkanes) is 3. The summed E-state index contributed by atoms with van der Waals surface area (Å²) in [6.45, 7) is 7.94. The van der Waals surface area contributed by atoms with E-state index >= 15 is 0 Å². The number of aliphatic imine (C=N–C) groups is 1. The van der Waals surface area contributed by atoms with Crippen molar-refractivity contribution in [2.24, 2.45) is 4.99 Å². The summed E-state index contributed by atoms with van der Waals surface area (Å²) in [5.41, 5.74) is 2.53. The molecule has 168 valence electrons. The quantitative estimate of drug-likeness (QED) is 0.494. The van der Waals surface area contributed by atoms with Crippen molar-refractivity contribution in [1.29, 1.82) is 0 Å². The molecule has 0 bridgehead atoms. The summed E-state index contributed by atoms with van der Waals surface area (Å²) in [5.74, 6) is -0.629.